The topological polar surface area (TPSA) is 68.3 Å². The molecule has 7 nitrogen and oxygen atoms in total. The highest BCUT2D eigenvalue weighted by atomic mass is 35.5. The summed E-state index contributed by atoms with van der Waals surface area (Å²) in [7, 11) is 1.77. The summed E-state index contributed by atoms with van der Waals surface area (Å²) in [6.45, 7) is 5.49. The molecule has 1 unspecified atom stereocenters. The Bertz CT molecular complexity index is 1080. The second-order valence-corrected chi connectivity index (χ2v) is 10.1. The Morgan fingerprint density at radius 1 is 1.11 bits per heavy atom. The van der Waals surface area contributed by atoms with Gasteiger partial charge in [0.05, 0.1) is 19.7 Å². The van der Waals surface area contributed by atoms with Crippen molar-refractivity contribution >= 4 is 23.4 Å². The number of carbonyl (C=O) groups excluding carboxylic acids is 2. The summed E-state index contributed by atoms with van der Waals surface area (Å²) in [6.07, 6.45) is 3.12. The maximum atomic E-state index is 13.6. The molecule has 2 amide bonds. The molecular weight excluding hydrogens is 480 g/mol. The molecule has 36 heavy (non-hydrogen) atoms. The van der Waals surface area contributed by atoms with Gasteiger partial charge in [-0.3, -0.25) is 9.59 Å². The number of rotatable bonds is 3. The first-order valence-electron chi connectivity index (χ1n) is 12.6. The van der Waals surface area contributed by atoms with Gasteiger partial charge in [-0.15, -0.1) is 0 Å². The standard InChI is InChI=1S/C28H35ClN2O5/c1-20-16-23(17-21(2)26(20)29)35-18-25(32)31-13-15-36-28(19-31)11-7-6-9-22-8-4-5-10-24(22)34-14-12-30(3)27(28)33/h4-5,8,10,16-17H,6-7,9,11-15,18-19H2,1-3H3. The van der Waals surface area contributed by atoms with Gasteiger partial charge in [0.1, 0.15) is 18.1 Å². The molecule has 2 aromatic rings. The lowest BCUT2D eigenvalue weighted by Gasteiger charge is -2.43. The molecule has 1 fully saturated rings. The number of ether oxygens (including phenoxy) is 3. The van der Waals surface area contributed by atoms with Gasteiger partial charge < -0.3 is 24.0 Å². The van der Waals surface area contributed by atoms with E-state index in [9.17, 15) is 9.59 Å². The van der Waals surface area contributed by atoms with Crippen molar-refractivity contribution in [3.05, 3.63) is 58.1 Å². The van der Waals surface area contributed by atoms with Crippen LogP contribution in [-0.4, -0.2) is 73.7 Å². The normalized spacial score (nSPS) is 21.3. The third-order valence-electron chi connectivity index (χ3n) is 6.98. The van der Waals surface area contributed by atoms with Gasteiger partial charge in [0.2, 0.25) is 0 Å². The van der Waals surface area contributed by atoms with Crippen LogP contribution < -0.4 is 9.47 Å². The van der Waals surface area contributed by atoms with Gasteiger partial charge in [0.15, 0.2) is 12.2 Å². The van der Waals surface area contributed by atoms with Gasteiger partial charge in [-0.05, 0) is 74.4 Å². The number of para-hydroxylation sites is 1. The van der Waals surface area contributed by atoms with E-state index in [0.717, 1.165) is 36.1 Å². The average molecular weight is 515 g/mol. The molecule has 4 rings (SSSR count). The van der Waals surface area contributed by atoms with Crippen LogP contribution in [0, 0.1) is 13.8 Å². The molecule has 2 aromatic carbocycles. The molecule has 2 aliphatic heterocycles. The van der Waals surface area contributed by atoms with Crippen molar-refractivity contribution in [2.24, 2.45) is 0 Å². The van der Waals surface area contributed by atoms with Crippen molar-refractivity contribution < 1.29 is 23.8 Å². The lowest BCUT2D eigenvalue weighted by molar-refractivity contribution is -0.176. The Kier molecular flexibility index (Phi) is 8.42. The smallest absolute Gasteiger partial charge is 0.260 e. The van der Waals surface area contributed by atoms with Crippen LogP contribution in [0.2, 0.25) is 5.02 Å². The lowest BCUT2D eigenvalue weighted by atomic mass is 9.91. The van der Waals surface area contributed by atoms with E-state index in [1.165, 1.54) is 5.56 Å². The first-order valence-corrected chi connectivity index (χ1v) is 12.9. The van der Waals surface area contributed by atoms with Crippen molar-refractivity contribution in [1.82, 2.24) is 9.80 Å². The Balaban J connectivity index is 1.44. The number of nitrogens with zero attached hydrogens (tertiary/aromatic N) is 2. The summed E-state index contributed by atoms with van der Waals surface area (Å²) in [5, 5.41) is 0.697. The van der Waals surface area contributed by atoms with Gasteiger partial charge in [-0.1, -0.05) is 29.8 Å². The van der Waals surface area contributed by atoms with E-state index in [-0.39, 0.29) is 25.0 Å². The van der Waals surface area contributed by atoms with Crippen molar-refractivity contribution in [2.75, 3.05) is 46.5 Å². The summed E-state index contributed by atoms with van der Waals surface area (Å²) < 4.78 is 18.0. The number of aryl methyl sites for hydroxylation is 3. The van der Waals surface area contributed by atoms with Gasteiger partial charge in [0.25, 0.3) is 11.8 Å². The van der Waals surface area contributed by atoms with E-state index in [4.69, 9.17) is 25.8 Å². The highest BCUT2D eigenvalue weighted by Crippen LogP contribution is 2.30. The zero-order valence-corrected chi connectivity index (χ0v) is 22.1. The molecule has 0 N–H and O–H groups in total. The molecule has 0 bridgehead atoms. The SMILES string of the molecule is Cc1cc(OCC(=O)N2CCOC3(CCCCc4ccccc4OCCN(C)C3=O)C2)cc(C)c1Cl. The quantitative estimate of drug-likeness (QED) is 0.614. The first kappa shape index (κ1) is 26.3. The van der Waals surface area contributed by atoms with Gasteiger partial charge in [-0.2, -0.15) is 0 Å². The maximum Gasteiger partial charge on any atom is 0.260 e. The highest BCUT2D eigenvalue weighted by molar-refractivity contribution is 6.32. The van der Waals surface area contributed by atoms with E-state index in [0.29, 0.717) is 43.5 Å². The second kappa shape index (κ2) is 11.5. The maximum absolute atomic E-state index is 13.6. The minimum Gasteiger partial charge on any atom is -0.491 e. The fraction of sp³-hybridized carbons (Fsp3) is 0.500. The van der Waals surface area contributed by atoms with Crippen molar-refractivity contribution in [2.45, 2.75) is 45.1 Å². The van der Waals surface area contributed by atoms with Gasteiger partial charge >= 0.3 is 0 Å². The monoisotopic (exact) mass is 514 g/mol. The Hall–Kier alpha value is -2.77. The molecule has 0 radical (unpaired) electrons. The van der Waals surface area contributed by atoms with Crippen LogP contribution in [0.15, 0.2) is 36.4 Å². The number of hydrogen-bond donors (Lipinski definition) is 0. The predicted octanol–water partition coefficient (Wildman–Crippen LogP) is 4.20. The van der Waals surface area contributed by atoms with Crippen molar-refractivity contribution in [3.8, 4) is 11.5 Å². The van der Waals surface area contributed by atoms with E-state index < -0.39 is 5.60 Å². The molecule has 194 valence electrons. The molecule has 2 aliphatic rings. The van der Waals surface area contributed by atoms with Crippen LogP contribution in [0.25, 0.3) is 0 Å². The number of carbonyl (C=O) groups is 2. The molecular formula is C28H35ClN2O5. The highest BCUT2D eigenvalue weighted by Gasteiger charge is 2.46. The number of amides is 2. The fourth-order valence-corrected chi connectivity index (χ4v) is 5.04. The summed E-state index contributed by atoms with van der Waals surface area (Å²) in [5.74, 6) is 1.21. The molecule has 1 atom stereocenters. The number of halogens is 1. The zero-order chi connectivity index (χ0) is 25.7. The average Bonchev–Trinajstić information content (AvgIpc) is 2.88. The molecule has 0 saturated carbocycles. The van der Waals surface area contributed by atoms with Crippen LogP contribution in [0.4, 0.5) is 0 Å². The van der Waals surface area contributed by atoms with E-state index in [1.807, 2.05) is 44.2 Å². The summed E-state index contributed by atoms with van der Waals surface area (Å²) >= 11 is 6.24. The number of fused-ring (bicyclic) bond motifs is 1. The molecule has 0 aromatic heterocycles. The first-order chi connectivity index (χ1) is 17.3. The number of hydrogen-bond acceptors (Lipinski definition) is 5. The predicted molar refractivity (Wildman–Crippen MR) is 139 cm³/mol. The summed E-state index contributed by atoms with van der Waals surface area (Å²) in [4.78, 5) is 30.1. The minimum absolute atomic E-state index is 0.106. The molecule has 2 heterocycles. The van der Waals surface area contributed by atoms with E-state index in [2.05, 4.69) is 6.07 Å². The van der Waals surface area contributed by atoms with Crippen LogP contribution in [0.3, 0.4) is 0 Å². The van der Waals surface area contributed by atoms with E-state index in [1.54, 1.807) is 16.8 Å². The van der Waals surface area contributed by atoms with Crippen LogP contribution in [0.5, 0.6) is 11.5 Å². The lowest BCUT2D eigenvalue weighted by Crippen LogP contribution is -2.61. The fourth-order valence-electron chi connectivity index (χ4n) is 4.93. The molecule has 1 saturated heterocycles. The van der Waals surface area contributed by atoms with Gasteiger partial charge in [-0.25, -0.2) is 0 Å². The second-order valence-electron chi connectivity index (χ2n) is 9.71. The van der Waals surface area contributed by atoms with Gasteiger partial charge in [0, 0.05) is 18.6 Å². The number of benzene rings is 2. The van der Waals surface area contributed by atoms with Crippen molar-refractivity contribution in [1.29, 1.82) is 0 Å². The molecule has 1 spiro atoms. The summed E-state index contributed by atoms with van der Waals surface area (Å²) in [5.41, 5.74) is 1.91. The van der Waals surface area contributed by atoms with E-state index >= 15 is 0 Å². The third-order valence-corrected chi connectivity index (χ3v) is 7.58. The van der Waals surface area contributed by atoms with Crippen LogP contribution in [-0.2, 0) is 20.7 Å². The largest absolute Gasteiger partial charge is 0.491 e. The van der Waals surface area contributed by atoms with Crippen LogP contribution in [0.1, 0.15) is 36.0 Å². The zero-order valence-electron chi connectivity index (χ0n) is 21.3. The Morgan fingerprint density at radius 3 is 2.64 bits per heavy atom. The Morgan fingerprint density at radius 2 is 1.86 bits per heavy atom. The molecule has 8 heteroatoms. The van der Waals surface area contributed by atoms with Crippen LogP contribution >= 0.6 is 11.6 Å². The minimum atomic E-state index is -1.06. The number of likely N-dealkylation sites (N-methyl/N-ethyl adjacent to an activating group) is 1. The number of morpholine rings is 1. The van der Waals surface area contributed by atoms with Crippen molar-refractivity contribution in [3.63, 3.8) is 0 Å². The molecule has 0 aliphatic carbocycles. The summed E-state index contributed by atoms with van der Waals surface area (Å²) in [6, 6.07) is 11.7. The Labute approximate surface area is 218 Å². The third kappa shape index (κ3) is 5.95.